The molecule has 0 spiro atoms. The van der Waals surface area contributed by atoms with Crippen molar-refractivity contribution in [1.29, 1.82) is 0 Å². The molecule has 7 heteroatoms. The van der Waals surface area contributed by atoms with Gasteiger partial charge < -0.3 is 9.64 Å². The Morgan fingerprint density at radius 1 is 1.41 bits per heavy atom. The van der Waals surface area contributed by atoms with E-state index in [0.29, 0.717) is 31.9 Å². The molecular formula is C15H19N5O2. The zero-order chi connectivity index (χ0) is 15.5. The number of hydrogen-bond acceptors (Lipinski definition) is 5. The largest absolute Gasteiger partial charge is 0.381 e. The summed E-state index contributed by atoms with van der Waals surface area (Å²) in [6.07, 6.45) is 4.86. The summed E-state index contributed by atoms with van der Waals surface area (Å²) in [5.41, 5.74) is 2.79. The summed E-state index contributed by atoms with van der Waals surface area (Å²) in [6.45, 7) is 4.40. The molecule has 1 aliphatic rings. The third kappa shape index (κ3) is 2.71. The first-order valence-electron chi connectivity index (χ1n) is 7.35. The van der Waals surface area contributed by atoms with E-state index in [0.717, 1.165) is 11.3 Å². The molecule has 1 amide bonds. The first-order chi connectivity index (χ1) is 10.7. The smallest absolute Gasteiger partial charge is 0.255 e. The molecule has 7 nitrogen and oxygen atoms in total. The van der Waals surface area contributed by atoms with Gasteiger partial charge in [-0.05, 0) is 13.0 Å². The number of aromatic nitrogens is 4. The number of hydrogen-bond donors (Lipinski definition) is 0. The number of carbonyl (C=O) groups is 1. The van der Waals surface area contributed by atoms with Crippen molar-refractivity contribution >= 4 is 5.91 Å². The molecule has 22 heavy (non-hydrogen) atoms. The van der Waals surface area contributed by atoms with Gasteiger partial charge in [-0.1, -0.05) is 0 Å². The lowest BCUT2D eigenvalue weighted by molar-refractivity contribution is 0.0647. The van der Waals surface area contributed by atoms with Gasteiger partial charge in [0.1, 0.15) is 0 Å². The minimum atomic E-state index is -0.0362. The Labute approximate surface area is 128 Å². The molecule has 0 unspecified atom stereocenters. The van der Waals surface area contributed by atoms with Gasteiger partial charge in [-0.3, -0.25) is 9.48 Å². The highest BCUT2D eigenvalue weighted by Gasteiger charge is 2.31. The molecule has 0 saturated carbocycles. The topological polar surface area (TPSA) is 73.1 Å². The van der Waals surface area contributed by atoms with Crippen LogP contribution in [0.15, 0.2) is 24.7 Å². The molecule has 2 aromatic rings. The van der Waals surface area contributed by atoms with Crippen molar-refractivity contribution in [2.75, 3.05) is 19.8 Å². The van der Waals surface area contributed by atoms with E-state index >= 15 is 0 Å². The van der Waals surface area contributed by atoms with Crippen LogP contribution in [0.4, 0.5) is 0 Å². The number of fused-ring (bicyclic) bond motifs is 1. The summed E-state index contributed by atoms with van der Waals surface area (Å²) in [5.74, 6) is 0.0980. The molecule has 2 aromatic heterocycles. The zero-order valence-corrected chi connectivity index (χ0v) is 12.8. The minimum Gasteiger partial charge on any atom is -0.381 e. The molecular weight excluding hydrogens is 282 g/mol. The number of amides is 1. The van der Waals surface area contributed by atoms with Crippen molar-refractivity contribution in [3.8, 4) is 0 Å². The maximum atomic E-state index is 12.6. The van der Waals surface area contributed by atoms with Crippen LogP contribution in [0.5, 0.6) is 0 Å². The summed E-state index contributed by atoms with van der Waals surface area (Å²) in [6, 6.07) is 1.69. The van der Waals surface area contributed by atoms with Crippen molar-refractivity contribution in [2.24, 2.45) is 7.05 Å². The van der Waals surface area contributed by atoms with Gasteiger partial charge in [0.2, 0.25) is 0 Å². The quantitative estimate of drug-likeness (QED) is 0.842. The summed E-state index contributed by atoms with van der Waals surface area (Å²) >= 11 is 0. The van der Waals surface area contributed by atoms with Crippen molar-refractivity contribution in [3.05, 3.63) is 41.5 Å². The van der Waals surface area contributed by atoms with Gasteiger partial charge in [0.05, 0.1) is 36.5 Å². The molecule has 1 atom stereocenters. The fourth-order valence-electron chi connectivity index (χ4n) is 2.91. The molecule has 0 saturated heterocycles. The maximum absolute atomic E-state index is 12.6. The molecule has 0 radical (unpaired) electrons. The van der Waals surface area contributed by atoms with Gasteiger partial charge in [0.25, 0.3) is 5.91 Å². The van der Waals surface area contributed by atoms with Crippen LogP contribution in [-0.4, -0.2) is 50.5 Å². The van der Waals surface area contributed by atoms with Gasteiger partial charge in [0.15, 0.2) is 0 Å². The second kappa shape index (κ2) is 6.23. The standard InChI is InChI=1S/C15H19N5O2/c1-3-22-10-13-9-20(8-12-7-18-19(2)14(12)13)15(21)11-4-5-16-17-6-11/h4-7,13H,3,8-10H2,1-2H3/t13-/m1/s1. The van der Waals surface area contributed by atoms with E-state index in [9.17, 15) is 4.79 Å². The second-order valence-corrected chi connectivity index (χ2v) is 5.35. The molecule has 0 aliphatic carbocycles. The first kappa shape index (κ1) is 14.6. The van der Waals surface area contributed by atoms with E-state index in [1.165, 1.54) is 12.4 Å². The highest BCUT2D eigenvalue weighted by molar-refractivity contribution is 5.94. The van der Waals surface area contributed by atoms with Crippen molar-refractivity contribution in [3.63, 3.8) is 0 Å². The molecule has 0 fully saturated rings. The van der Waals surface area contributed by atoms with E-state index in [1.807, 2.05) is 29.7 Å². The molecule has 116 valence electrons. The fourth-order valence-corrected chi connectivity index (χ4v) is 2.91. The Balaban J connectivity index is 1.85. The SMILES string of the molecule is CCOC[C@H]1CN(C(=O)c2ccnnc2)Cc2cnn(C)c21. The van der Waals surface area contributed by atoms with Crippen LogP contribution < -0.4 is 0 Å². The van der Waals surface area contributed by atoms with E-state index in [2.05, 4.69) is 15.3 Å². The van der Waals surface area contributed by atoms with Crippen molar-refractivity contribution < 1.29 is 9.53 Å². The highest BCUT2D eigenvalue weighted by Crippen LogP contribution is 2.29. The van der Waals surface area contributed by atoms with Crippen LogP contribution in [0.2, 0.25) is 0 Å². The van der Waals surface area contributed by atoms with E-state index in [-0.39, 0.29) is 11.8 Å². The van der Waals surface area contributed by atoms with Crippen LogP contribution in [0.25, 0.3) is 0 Å². The van der Waals surface area contributed by atoms with Crippen LogP contribution >= 0.6 is 0 Å². The molecule has 3 rings (SSSR count). The van der Waals surface area contributed by atoms with Gasteiger partial charge in [-0.25, -0.2) is 0 Å². The summed E-state index contributed by atoms with van der Waals surface area (Å²) in [4.78, 5) is 14.4. The lowest BCUT2D eigenvalue weighted by Crippen LogP contribution is -2.40. The lowest BCUT2D eigenvalue weighted by atomic mass is 9.96. The Hall–Kier alpha value is -2.28. The normalized spacial score (nSPS) is 17.4. The number of carbonyl (C=O) groups excluding carboxylic acids is 1. The molecule has 3 heterocycles. The fraction of sp³-hybridized carbons (Fsp3) is 0.467. The number of aryl methyl sites for hydroxylation is 1. The minimum absolute atomic E-state index is 0.0362. The Kier molecular flexibility index (Phi) is 4.15. The number of ether oxygens (including phenoxy) is 1. The van der Waals surface area contributed by atoms with Gasteiger partial charge in [-0.2, -0.15) is 15.3 Å². The third-order valence-electron chi connectivity index (χ3n) is 3.89. The van der Waals surface area contributed by atoms with Crippen LogP contribution in [-0.2, 0) is 18.3 Å². The number of nitrogens with zero attached hydrogens (tertiary/aromatic N) is 5. The summed E-state index contributed by atoms with van der Waals surface area (Å²) in [7, 11) is 1.93. The van der Waals surface area contributed by atoms with Crippen LogP contribution in [0.3, 0.4) is 0 Å². The molecule has 0 bridgehead atoms. The number of rotatable bonds is 4. The summed E-state index contributed by atoms with van der Waals surface area (Å²) < 4.78 is 7.47. The Bertz CT molecular complexity index is 655. The monoisotopic (exact) mass is 301 g/mol. The van der Waals surface area contributed by atoms with E-state index in [1.54, 1.807) is 6.07 Å². The average molecular weight is 301 g/mol. The van der Waals surface area contributed by atoms with Gasteiger partial charge >= 0.3 is 0 Å². The lowest BCUT2D eigenvalue weighted by Gasteiger charge is -2.33. The van der Waals surface area contributed by atoms with Gasteiger partial charge in [-0.15, -0.1) is 0 Å². The maximum Gasteiger partial charge on any atom is 0.255 e. The predicted octanol–water partition coefficient (Wildman–Crippen LogP) is 0.986. The molecule has 0 N–H and O–H groups in total. The van der Waals surface area contributed by atoms with E-state index in [4.69, 9.17) is 4.74 Å². The molecule has 1 aliphatic heterocycles. The Morgan fingerprint density at radius 3 is 3.00 bits per heavy atom. The predicted molar refractivity (Wildman–Crippen MR) is 79.2 cm³/mol. The van der Waals surface area contributed by atoms with Crippen molar-refractivity contribution in [2.45, 2.75) is 19.4 Å². The summed E-state index contributed by atoms with van der Waals surface area (Å²) in [5, 5.41) is 11.8. The van der Waals surface area contributed by atoms with Crippen molar-refractivity contribution in [1.82, 2.24) is 24.9 Å². The van der Waals surface area contributed by atoms with Crippen LogP contribution in [0, 0.1) is 0 Å². The first-order valence-corrected chi connectivity index (χ1v) is 7.35. The van der Waals surface area contributed by atoms with Crippen LogP contribution in [0.1, 0.15) is 34.5 Å². The van der Waals surface area contributed by atoms with Gasteiger partial charge in [0, 0.05) is 38.2 Å². The second-order valence-electron chi connectivity index (χ2n) is 5.35. The highest BCUT2D eigenvalue weighted by atomic mass is 16.5. The van der Waals surface area contributed by atoms with E-state index < -0.39 is 0 Å². The zero-order valence-electron chi connectivity index (χ0n) is 12.8. The Morgan fingerprint density at radius 2 is 2.27 bits per heavy atom. The molecule has 0 aromatic carbocycles. The average Bonchev–Trinajstić information content (AvgIpc) is 2.94. The third-order valence-corrected chi connectivity index (χ3v) is 3.89.